The fourth-order valence-corrected chi connectivity index (χ4v) is 2.70. The molecule has 2 N–H and O–H groups in total. The third-order valence-corrected chi connectivity index (χ3v) is 3.85. The number of benzene rings is 1. The zero-order valence-electron chi connectivity index (χ0n) is 14.6. The molecule has 0 aliphatic heterocycles. The quantitative estimate of drug-likeness (QED) is 0.565. The van der Waals surface area contributed by atoms with Crippen LogP contribution >= 0.6 is 0 Å². The van der Waals surface area contributed by atoms with Crippen molar-refractivity contribution in [3.63, 3.8) is 0 Å². The maximum Gasteiger partial charge on any atom is 0.330 e. The molecule has 2 aromatic rings. The van der Waals surface area contributed by atoms with E-state index in [9.17, 15) is 9.59 Å². The molecule has 6 heteroatoms. The highest BCUT2D eigenvalue weighted by molar-refractivity contribution is 5.28. The van der Waals surface area contributed by atoms with E-state index in [1.807, 2.05) is 44.2 Å². The fourth-order valence-electron chi connectivity index (χ4n) is 2.70. The van der Waals surface area contributed by atoms with Crippen LogP contribution in [0.2, 0.25) is 0 Å². The van der Waals surface area contributed by atoms with Crippen LogP contribution in [0.3, 0.4) is 0 Å². The van der Waals surface area contributed by atoms with Gasteiger partial charge < -0.3 is 9.84 Å². The van der Waals surface area contributed by atoms with E-state index < -0.39 is 5.69 Å². The summed E-state index contributed by atoms with van der Waals surface area (Å²) in [7, 11) is 0. The number of H-pyrrole nitrogens is 1. The largest absolute Gasteiger partial charge is 0.392 e. The van der Waals surface area contributed by atoms with Gasteiger partial charge in [0.25, 0.3) is 5.56 Å². The molecule has 0 amide bonds. The molecule has 0 spiro atoms. The lowest BCUT2D eigenvalue weighted by Crippen LogP contribution is -2.36. The van der Waals surface area contributed by atoms with Crippen molar-refractivity contribution in [2.45, 2.75) is 32.9 Å². The highest BCUT2D eigenvalue weighted by Crippen LogP contribution is 2.17. The van der Waals surface area contributed by atoms with Gasteiger partial charge in [-0.2, -0.15) is 0 Å². The summed E-state index contributed by atoms with van der Waals surface area (Å²) in [5.74, 6) is -0.0244. The van der Waals surface area contributed by atoms with Gasteiger partial charge >= 0.3 is 5.69 Å². The van der Waals surface area contributed by atoms with Crippen molar-refractivity contribution < 1.29 is 9.84 Å². The van der Waals surface area contributed by atoms with Crippen molar-refractivity contribution >= 4 is 0 Å². The van der Waals surface area contributed by atoms with Crippen molar-refractivity contribution in [2.75, 3.05) is 13.2 Å². The Morgan fingerprint density at radius 1 is 1.20 bits per heavy atom. The highest BCUT2D eigenvalue weighted by Gasteiger charge is 2.18. The molecule has 0 saturated heterocycles. The standard InChI is InChI=1S/C19H24N2O4/c1-14(2)17-16(12-15-8-4-3-5-9-15)21(19(24)20-18(17)23)13-25-11-7-6-10-22/h3-9,14,22H,10-13H2,1-2H3,(H,20,23,24)/b7-6+. The number of aliphatic hydroxyl groups excluding tert-OH is 1. The van der Waals surface area contributed by atoms with Gasteiger partial charge in [0.1, 0.15) is 6.73 Å². The molecule has 6 nitrogen and oxygen atoms in total. The number of nitrogens with one attached hydrogen (secondary N) is 1. The molecule has 0 fully saturated rings. The molecule has 1 aromatic carbocycles. The Bertz CT molecular complexity index is 820. The predicted octanol–water partition coefficient (Wildman–Crippen LogP) is 1.77. The molecule has 0 atom stereocenters. The van der Waals surface area contributed by atoms with Crippen molar-refractivity contribution in [1.82, 2.24) is 9.55 Å². The monoisotopic (exact) mass is 344 g/mol. The molecule has 2 rings (SSSR count). The highest BCUT2D eigenvalue weighted by atomic mass is 16.5. The fraction of sp³-hybridized carbons (Fsp3) is 0.368. The average Bonchev–Trinajstić information content (AvgIpc) is 2.57. The van der Waals surface area contributed by atoms with E-state index in [2.05, 4.69) is 4.98 Å². The average molecular weight is 344 g/mol. The zero-order chi connectivity index (χ0) is 18.2. The lowest BCUT2D eigenvalue weighted by Gasteiger charge is -2.18. The van der Waals surface area contributed by atoms with E-state index in [4.69, 9.17) is 9.84 Å². The minimum absolute atomic E-state index is 0.0244. The third kappa shape index (κ3) is 5.01. The summed E-state index contributed by atoms with van der Waals surface area (Å²) in [4.78, 5) is 27.0. The molecule has 25 heavy (non-hydrogen) atoms. The smallest absolute Gasteiger partial charge is 0.330 e. The lowest BCUT2D eigenvalue weighted by atomic mass is 9.98. The molecule has 0 saturated carbocycles. The summed E-state index contributed by atoms with van der Waals surface area (Å²) in [6, 6.07) is 9.70. The van der Waals surface area contributed by atoms with Gasteiger partial charge in [0.2, 0.25) is 0 Å². The molecular formula is C19H24N2O4. The Morgan fingerprint density at radius 2 is 1.92 bits per heavy atom. The van der Waals surface area contributed by atoms with E-state index in [0.717, 1.165) is 5.56 Å². The number of hydrogen-bond acceptors (Lipinski definition) is 4. The van der Waals surface area contributed by atoms with Gasteiger partial charge in [0.15, 0.2) is 0 Å². The van der Waals surface area contributed by atoms with Crippen LogP contribution in [0.25, 0.3) is 0 Å². The van der Waals surface area contributed by atoms with Gasteiger partial charge in [-0.05, 0) is 11.5 Å². The Balaban J connectivity index is 2.41. The van der Waals surface area contributed by atoms with Gasteiger partial charge in [0.05, 0.1) is 13.2 Å². The van der Waals surface area contributed by atoms with Gasteiger partial charge in [-0.3, -0.25) is 14.3 Å². The molecule has 1 heterocycles. The third-order valence-electron chi connectivity index (χ3n) is 3.85. The second kappa shape index (κ2) is 9.15. The van der Waals surface area contributed by atoms with E-state index >= 15 is 0 Å². The maximum absolute atomic E-state index is 12.3. The van der Waals surface area contributed by atoms with Crippen LogP contribution in [-0.4, -0.2) is 27.9 Å². The summed E-state index contributed by atoms with van der Waals surface area (Å²) >= 11 is 0. The summed E-state index contributed by atoms with van der Waals surface area (Å²) in [6.45, 7) is 4.11. The molecule has 134 valence electrons. The van der Waals surface area contributed by atoms with Crippen LogP contribution in [0, 0.1) is 0 Å². The van der Waals surface area contributed by atoms with Gasteiger partial charge in [-0.25, -0.2) is 4.79 Å². The van der Waals surface area contributed by atoms with E-state index in [1.165, 1.54) is 4.57 Å². The molecular weight excluding hydrogens is 320 g/mol. The Hall–Kier alpha value is -2.44. The predicted molar refractivity (Wildman–Crippen MR) is 96.8 cm³/mol. The molecule has 0 bridgehead atoms. The number of rotatable bonds is 8. The molecule has 1 aromatic heterocycles. The Labute approximate surface area is 146 Å². The van der Waals surface area contributed by atoms with Crippen LogP contribution in [0.4, 0.5) is 0 Å². The normalized spacial score (nSPS) is 11.5. The number of nitrogens with zero attached hydrogens (tertiary/aromatic N) is 1. The first-order chi connectivity index (χ1) is 12.0. The van der Waals surface area contributed by atoms with Crippen LogP contribution < -0.4 is 11.2 Å². The first-order valence-corrected chi connectivity index (χ1v) is 8.28. The van der Waals surface area contributed by atoms with Crippen molar-refractivity contribution in [1.29, 1.82) is 0 Å². The second-order valence-corrected chi connectivity index (χ2v) is 6.02. The summed E-state index contributed by atoms with van der Waals surface area (Å²) in [6.07, 6.45) is 3.72. The van der Waals surface area contributed by atoms with Crippen LogP contribution in [0.1, 0.15) is 36.6 Å². The van der Waals surface area contributed by atoms with Crippen LogP contribution in [0.5, 0.6) is 0 Å². The van der Waals surface area contributed by atoms with Crippen molar-refractivity contribution in [3.8, 4) is 0 Å². The Morgan fingerprint density at radius 3 is 2.56 bits per heavy atom. The number of aromatic nitrogens is 2. The second-order valence-electron chi connectivity index (χ2n) is 6.02. The number of ether oxygens (including phenoxy) is 1. The number of aromatic amines is 1. The number of aliphatic hydroxyl groups is 1. The molecule has 0 aliphatic rings. The van der Waals surface area contributed by atoms with Crippen molar-refractivity contribution in [3.05, 3.63) is 80.1 Å². The van der Waals surface area contributed by atoms with Gasteiger partial charge in [-0.1, -0.05) is 56.3 Å². The van der Waals surface area contributed by atoms with Crippen molar-refractivity contribution in [2.24, 2.45) is 0 Å². The van der Waals surface area contributed by atoms with E-state index in [-0.39, 0.29) is 31.4 Å². The number of hydrogen-bond donors (Lipinski definition) is 2. The van der Waals surface area contributed by atoms with E-state index in [1.54, 1.807) is 12.2 Å². The van der Waals surface area contributed by atoms with E-state index in [0.29, 0.717) is 17.7 Å². The maximum atomic E-state index is 12.3. The summed E-state index contributed by atoms with van der Waals surface area (Å²) < 4.78 is 6.97. The summed E-state index contributed by atoms with van der Waals surface area (Å²) in [5, 5.41) is 8.73. The molecule has 0 radical (unpaired) electrons. The minimum Gasteiger partial charge on any atom is -0.392 e. The Kier molecular flexibility index (Phi) is 6.91. The first kappa shape index (κ1) is 18.9. The van der Waals surface area contributed by atoms with Gasteiger partial charge in [-0.15, -0.1) is 0 Å². The van der Waals surface area contributed by atoms with Gasteiger partial charge in [0, 0.05) is 17.7 Å². The minimum atomic E-state index is -0.480. The lowest BCUT2D eigenvalue weighted by molar-refractivity contribution is 0.0937. The SMILES string of the molecule is CC(C)c1c(Cc2ccccc2)n(COC/C=C/CO)c(=O)[nH]c1=O. The first-order valence-electron chi connectivity index (χ1n) is 8.28. The summed E-state index contributed by atoms with van der Waals surface area (Å²) in [5.41, 5.74) is 1.45. The topological polar surface area (TPSA) is 84.3 Å². The zero-order valence-corrected chi connectivity index (χ0v) is 14.6. The van der Waals surface area contributed by atoms with Crippen LogP contribution in [-0.2, 0) is 17.9 Å². The molecule has 0 aliphatic carbocycles. The molecule has 0 unspecified atom stereocenters. The van der Waals surface area contributed by atoms with Crippen LogP contribution in [0.15, 0.2) is 52.1 Å².